The summed E-state index contributed by atoms with van der Waals surface area (Å²) in [6.45, 7) is 1.33. The van der Waals surface area contributed by atoms with Gasteiger partial charge in [-0.2, -0.15) is 18.3 Å². The van der Waals surface area contributed by atoms with E-state index in [0.29, 0.717) is 11.5 Å². The highest BCUT2D eigenvalue weighted by molar-refractivity contribution is 5.59. The third-order valence-electron chi connectivity index (χ3n) is 4.22. The molecule has 1 aromatic carbocycles. The molecular weight excluding hydrogens is 367 g/mol. The van der Waals surface area contributed by atoms with Crippen LogP contribution >= 0.6 is 0 Å². The molecule has 0 spiro atoms. The summed E-state index contributed by atoms with van der Waals surface area (Å²) in [6.07, 6.45) is -2.66. The van der Waals surface area contributed by atoms with E-state index in [2.05, 4.69) is 26.9 Å². The van der Waals surface area contributed by atoms with Crippen molar-refractivity contribution in [2.45, 2.75) is 13.1 Å². The Balaban J connectivity index is 1.69. The molecular formula is C20H14F3N5. The van der Waals surface area contributed by atoms with Crippen molar-refractivity contribution in [3.8, 4) is 23.1 Å². The molecule has 0 atom stereocenters. The van der Waals surface area contributed by atoms with Gasteiger partial charge in [-0.3, -0.25) is 0 Å². The Hall–Kier alpha value is -3.60. The van der Waals surface area contributed by atoms with Crippen LogP contribution in [0.1, 0.15) is 22.9 Å². The minimum Gasteiger partial charge on any atom is -0.327 e. The van der Waals surface area contributed by atoms with E-state index in [1.54, 1.807) is 4.57 Å². The molecule has 0 saturated carbocycles. The van der Waals surface area contributed by atoms with Gasteiger partial charge in [-0.05, 0) is 30.9 Å². The van der Waals surface area contributed by atoms with Crippen LogP contribution in [-0.4, -0.2) is 24.1 Å². The van der Waals surface area contributed by atoms with Crippen LogP contribution in [0.3, 0.4) is 0 Å². The van der Waals surface area contributed by atoms with Crippen LogP contribution in [0, 0.1) is 18.8 Å². The third-order valence-corrected chi connectivity index (χ3v) is 4.22. The van der Waals surface area contributed by atoms with Gasteiger partial charge in [0.2, 0.25) is 0 Å². The number of halogens is 3. The molecule has 0 unspecified atom stereocenters. The molecule has 3 aromatic heterocycles. The molecule has 8 heteroatoms. The lowest BCUT2D eigenvalue weighted by atomic mass is 10.2. The first-order valence-corrected chi connectivity index (χ1v) is 8.37. The molecule has 4 aromatic rings. The number of rotatable bonds is 1. The Morgan fingerprint density at radius 2 is 1.71 bits per heavy atom. The van der Waals surface area contributed by atoms with Gasteiger partial charge in [0.15, 0.2) is 17.2 Å². The maximum atomic E-state index is 13.0. The van der Waals surface area contributed by atoms with Gasteiger partial charge in [-0.1, -0.05) is 30.3 Å². The lowest BCUT2D eigenvalue weighted by Gasteiger charge is -2.02. The Morgan fingerprint density at radius 1 is 0.964 bits per heavy atom. The summed E-state index contributed by atoms with van der Waals surface area (Å²) in [4.78, 5) is 8.11. The lowest BCUT2D eigenvalue weighted by Crippen LogP contribution is -2.08. The topological polar surface area (TPSA) is 48.0 Å². The van der Waals surface area contributed by atoms with Crippen LogP contribution in [0.2, 0.25) is 0 Å². The summed E-state index contributed by atoms with van der Waals surface area (Å²) in [5.74, 6) is 6.31. The molecule has 0 bridgehead atoms. The fraction of sp³-hybridized carbons (Fsp3) is 0.150. The number of aryl methyl sites for hydroxylation is 2. The van der Waals surface area contributed by atoms with Crippen molar-refractivity contribution in [3.63, 3.8) is 0 Å². The highest BCUT2D eigenvalue weighted by Gasteiger charge is 2.36. The summed E-state index contributed by atoms with van der Waals surface area (Å²) in [5, 5.41) is 4.16. The van der Waals surface area contributed by atoms with Crippen molar-refractivity contribution in [2.75, 3.05) is 0 Å². The number of hydrogen-bond acceptors (Lipinski definition) is 3. The molecule has 0 saturated heterocycles. The highest BCUT2D eigenvalue weighted by Crippen LogP contribution is 2.31. The minimum atomic E-state index is -4.52. The maximum absolute atomic E-state index is 13.0. The first-order chi connectivity index (χ1) is 13.3. The van der Waals surface area contributed by atoms with E-state index < -0.39 is 11.9 Å². The zero-order valence-corrected chi connectivity index (χ0v) is 15.0. The molecule has 5 nitrogen and oxygen atoms in total. The van der Waals surface area contributed by atoms with Gasteiger partial charge in [0.05, 0.1) is 11.4 Å². The van der Waals surface area contributed by atoms with Gasteiger partial charge in [-0.25, -0.2) is 14.5 Å². The molecule has 0 aliphatic carbocycles. The molecule has 0 N–H and O–H groups in total. The van der Waals surface area contributed by atoms with Crippen molar-refractivity contribution in [1.29, 1.82) is 0 Å². The summed E-state index contributed by atoms with van der Waals surface area (Å²) >= 11 is 0. The zero-order valence-electron chi connectivity index (χ0n) is 15.0. The number of nitrogens with zero attached hydrogens (tertiary/aromatic N) is 5. The molecule has 0 fully saturated rings. The highest BCUT2D eigenvalue weighted by atomic mass is 19.4. The van der Waals surface area contributed by atoms with Crippen molar-refractivity contribution in [1.82, 2.24) is 24.1 Å². The smallest absolute Gasteiger partial charge is 0.327 e. The normalized spacial score (nSPS) is 11.5. The molecule has 0 radical (unpaired) electrons. The van der Waals surface area contributed by atoms with E-state index >= 15 is 0 Å². The first kappa shape index (κ1) is 17.8. The van der Waals surface area contributed by atoms with Crippen molar-refractivity contribution >= 4 is 5.65 Å². The Morgan fingerprint density at radius 3 is 2.43 bits per heavy atom. The van der Waals surface area contributed by atoms with E-state index in [1.807, 2.05) is 43.6 Å². The number of fused-ring (bicyclic) bond motifs is 1. The maximum Gasteiger partial charge on any atom is 0.435 e. The predicted molar refractivity (Wildman–Crippen MR) is 97.4 cm³/mol. The van der Waals surface area contributed by atoms with E-state index in [4.69, 9.17) is 0 Å². The Labute approximate surface area is 158 Å². The van der Waals surface area contributed by atoms with Crippen LogP contribution in [0.25, 0.3) is 16.9 Å². The molecule has 0 amide bonds. The van der Waals surface area contributed by atoms with Gasteiger partial charge < -0.3 is 4.57 Å². The SMILES string of the molecule is Cc1c(C(F)(F)F)nc2ccc(C#Cc3nc(-c4ccccc4)cn3C)nn12. The Bertz CT molecular complexity index is 1220. The molecule has 28 heavy (non-hydrogen) atoms. The molecule has 140 valence electrons. The lowest BCUT2D eigenvalue weighted by molar-refractivity contribution is -0.141. The zero-order chi connectivity index (χ0) is 19.9. The predicted octanol–water partition coefficient (Wildman–Crippen LogP) is 3.86. The number of imidazole rings is 2. The van der Waals surface area contributed by atoms with Crippen LogP contribution in [0.4, 0.5) is 13.2 Å². The monoisotopic (exact) mass is 381 g/mol. The van der Waals surface area contributed by atoms with Crippen LogP contribution in [0.15, 0.2) is 48.7 Å². The Kier molecular flexibility index (Phi) is 4.15. The number of benzene rings is 1. The summed E-state index contributed by atoms with van der Waals surface area (Å²) in [7, 11) is 1.83. The second-order valence-electron chi connectivity index (χ2n) is 6.21. The van der Waals surface area contributed by atoms with Crippen molar-refractivity contribution in [2.24, 2.45) is 7.05 Å². The molecule has 4 rings (SSSR count). The second-order valence-corrected chi connectivity index (χ2v) is 6.21. The van der Waals surface area contributed by atoms with Gasteiger partial charge in [0.1, 0.15) is 5.69 Å². The van der Waals surface area contributed by atoms with E-state index in [-0.39, 0.29) is 11.3 Å². The first-order valence-electron chi connectivity index (χ1n) is 8.37. The summed E-state index contributed by atoms with van der Waals surface area (Å²) in [6, 6.07) is 12.7. The molecule has 3 heterocycles. The summed E-state index contributed by atoms with van der Waals surface area (Å²) < 4.78 is 41.9. The third kappa shape index (κ3) is 3.22. The van der Waals surface area contributed by atoms with Gasteiger partial charge in [0, 0.05) is 18.8 Å². The van der Waals surface area contributed by atoms with E-state index in [0.717, 1.165) is 15.8 Å². The average Bonchev–Trinajstić information content (AvgIpc) is 3.21. The van der Waals surface area contributed by atoms with Crippen molar-refractivity contribution < 1.29 is 13.2 Å². The van der Waals surface area contributed by atoms with Crippen LogP contribution in [-0.2, 0) is 13.2 Å². The van der Waals surface area contributed by atoms with Gasteiger partial charge in [0.25, 0.3) is 0 Å². The van der Waals surface area contributed by atoms with Gasteiger partial charge in [-0.15, -0.1) is 0 Å². The molecule has 0 aliphatic heterocycles. The number of aromatic nitrogens is 5. The quantitative estimate of drug-likeness (QED) is 0.471. The van der Waals surface area contributed by atoms with E-state index in [1.165, 1.54) is 19.1 Å². The number of alkyl halides is 3. The van der Waals surface area contributed by atoms with Crippen LogP contribution < -0.4 is 0 Å². The molecule has 0 aliphatic rings. The largest absolute Gasteiger partial charge is 0.435 e. The van der Waals surface area contributed by atoms with Crippen molar-refractivity contribution in [3.05, 3.63) is 71.6 Å². The standard InChI is InChI=1S/C20H14F3N5/c1-13-19(20(21,22)23)25-18-11-9-15(26-28(13)18)8-10-17-24-16(12-27(17)2)14-6-4-3-5-7-14/h3-7,9,11-12H,1-2H3. The fourth-order valence-electron chi connectivity index (χ4n) is 2.83. The second kappa shape index (κ2) is 6.53. The van der Waals surface area contributed by atoms with E-state index in [9.17, 15) is 13.2 Å². The number of hydrogen-bond donors (Lipinski definition) is 0. The van der Waals surface area contributed by atoms with Gasteiger partial charge >= 0.3 is 6.18 Å². The average molecular weight is 381 g/mol. The fourth-order valence-corrected chi connectivity index (χ4v) is 2.83. The minimum absolute atomic E-state index is 0.0745. The summed E-state index contributed by atoms with van der Waals surface area (Å²) in [5.41, 5.74) is 1.19. The van der Waals surface area contributed by atoms with Crippen LogP contribution in [0.5, 0.6) is 0 Å².